The van der Waals surface area contributed by atoms with E-state index in [1.54, 1.807) is 29.9 Å². The highest BCUT2D eigenvalue weighted by molar-refractivity contribution is 6.27. The van der Waals surface area contributed by atoms with Crippen LogP contribution in [0.15, 0.2) is 18.3 Å². The first-order valence-corrected chi connectivity index (χ1v) is 4.45. The molecule has 0 radical (unpaired) electrons. The van der Waals surface area contributed by atoms with E-state index in [1.165, 1.54) is 0 Å². The number of nitrogens with zero attached hydrogens (tertiary/aromatic N) is 1. The molecule has 0 saturated heterocycles. The van der Waals surface area contributed by atoms with Gasteiger partial charge in [0.1, 0.15) is 11.6 Å². The van der Waals surface area contributed by atoms with Gasteiger partial charge in [-0.25, -0.2) is 0 Å². The fourth-order valence-electron chi connectivity index (χ4n) is 0.921. The molecule has 0 aliphatic carbocycles. The molecule has 0 bridgehead atoms. The van der Waals surface area contributed by atoms with Crippen LogP contribution in [-0.2, 0) is 11.8 Å². The Morgan fingerprint density at radius 1 is 1.50 bits per heavy atom. The number of carbonyl (C=O) groups excluding carboxylic acids is 2. The first-order chi connectivity index (χ1) is 6.65. The van der Waals surface area contributed by atoms with Crippen molar-refractivity contribution in [2.45, 2.75) is 0 Å². The highest BCUT2D eigenvalue weighted by Crippen LogP contribution is 1.97. The minimum absolute atomic E-state index is 0.187. The second-order valence-corrected chi connectivity index (χ2v) is 2.91. The van der Waals surface area contributed by atoms with Gasteiger partial charge in [0.25, 0.3) is 11.8 Å². The van der Waals surface area contributed by atoms with Gasteiger partial charge in [0.2, 0.25) is 0 Å². The second-order valence-electron chi connectivity index (χ2n) is 2.64. The third-order valence-corrected chi connectivity index (χ3v) is 1.86. The largest absolute Gasteiger partial charge is 0.347 e. The first-order valence-electron chi connectivity index (χ1n) is 3.91. The van der Waals surface area contributed by atoms with Gasteiger partial charge in [-0.2, -0.15) is 0 Å². The van der Waals surface area contributed by atoms with E-state index in [2.05, 4.69) is 10.9 Å². The molecule has 5 nitrogen and oxygen atoms in total. The SMILES string of the molecule is Cn1cccc1C(=O)NNC(=O)CCl. The summed E-state index contributed by atoms with van der Waals surface area (Å²) in [6, 6.07) is 3.38. The summed E-state index contributed by atoms with van der Waals surface area (Å²) < 4.78 is 1.64. The molecule has 0 unspecified atom stereocenters. The van der Waals surface area contributed by atoms with Crippen molar-refractivity contribution in [1.82, 2.24) is 15.4 Å². The Morgan fingerprint density at radius 2 is 2.21 bits per heavy atom. The number of carbonyl (C=O) groups is 2. The third-order valence-electron chi connectivity index (χ3n) is 1.61. The summed E-state index contributed by atoms with van der Waals surface area (Å²) in [5.74, 6) is -1.02. The average Bonchev–Trinajstić information content (AvgIpc) is 2.60. The van der Waals surface area contributed by atoms with Gasteiger partial charge >= 0.3 is 0 Å². The highest BCUT2D eigenvalue weighted by Gasteiger charge is 2.08. The van der Waals surface area contributed by atoms with E-state index in [-0.39, 0.29) is 11.8 Å². The highest BCUT2D eigenvalue weighted by atomic mass is 35.5. The van der Waals surface area contributed by atoms with E-state index in [0.29, 0.717) is 5.69 Å². The quantitative estimate of drug-likeness (QED) is 0.540. The summed E-state index contributed by atoms with van der Waals surface area (Å²) in [4.78, 5) is 22.1. The van der Waals surface area contributed by atoms with E-state index in [9.17, 15) is 9.59 Å². The van der Waals surface area contributed by atoms with Crippen molar-refractivity contribution in [2.24, 2.45) is 7.05 Å². The number of nitrogens with one attached hydrogen (secondary N) is 2. The van der Waals surface area contributed by atoms with Gasteiger partial charge in [0.15, 0.2) is 0 Å². The molecule has 0 atom stereocenters. The van der Waals surface area contributed by atoms with E-state index in [0.717, 1.165) is 0 Å². The van der Waals surface area contributed by atoms with Crippen LogP contribution in [0.25, 0.3) is 0 Å². The molecule has 0 aliphatic heterocycles. The maximum absolute atomic E-state index is 11.4. The van der Waals surface area contributed by atoms with Crippen molar-refractivity contribution in [2.75, 3.05) is 5.88 Å². The molecule has 1 rings (SSSR count). The maximum Gasteiger partial charge on any atom is 0.286 e. The lowest BCUT2D eigenvalue weighted by Crippen LogP contribution is -2.42. The molecular weight excluding hydrogens is 206 g/mol. The minimum Gasteiger partial charge on any atom is -0.347 e. The summed E-state index contributed by atoms with van der Waals surface area (Å²) in [6.07, 6.45) is 1.73. The fraction of sp³-hybridized carbons (Fsp3) is 0.250. The van der Waals surface area contributed by atoms with Crippen LogP contribution >= 0.6 is 11.6 Å². The van der Waals surface area contributed by atoms with E-state index >= 15 is 0 Å². The van der Waals surface area contributed by atoms with Crippen LogP contribution in [0, 0.1) is 0 Å². The number of hydrazine groups is 1. The van der Waals surface area contributed by atoms with Crippen LogP contribution in [0.1, 0.15) is 10.5 Å². The van der Waals surface area contributed by atoms with Gasteiger partial charge < -0.3 is 4.57 Å². The van der Waals surface area contributed by atoms with Crippen molar-refractivity contribution in [3.05, 3.63) is 24.0 Å². The van der Waals surface area contributed by atoms with E-state index in [4.69, 9.17) is 11.6 Å². The predicted octanol–water partition coefficient (Wildman–Crippen LogP) is 0.0249. The van der Waals surface area contributed by atoms with Crippen LogP contribution in [0.4, 0.5) is 0 Å². The summed E-state index contributed by atoms with van der Waals surface area (Å²) >= 11 is 5.22. The molecule has 0 saturated carbocycles. The lowest BCUT2D eigenvalue weighted by atomic mass is 10.4. The Labute approximate surface area is 86.0 Å². The van der Waals surface area contributed by atoms with E-state index < -0.39 is 5.91 Å². The van der Waals surface area contributed by atoms with Gasteiger partial charge in [-0.15, -0.1) is 11.6 Å². The summed E-state index contributed by atoms with van der Waals surface area (Å²) in [6.45, 7) is 0. The van der Waals surface area contributed by atoms with Crippen molar-refractivity contribution in [3.63, 3.8) is 0 Å². The summed E-state index contributed by atoms with van der Waals surface area (Å²) in [5.41, 5.74) is 4.85. The van der Waals surface area contributed by atoms with Gasteiger partial charge in [-0.1, -0.05) is 0 Å². The standard InChI is InChI=1S/C8H10ClN3O2/c1-12-4-2-3-6(12)8(14)11-10-7(13)5-9/h2-4H,5H2,1H3,(H,10,13)(H,11,14). The monoisotopic (exact) mass is 215 g/mol. The number of hydrogen-bond donors (Lipinski definition) is 2. The van der Waals surface area contributed by atoms with Gasteiger partial charge in [-0.3, -0.25) is 20.4 Å². The van der Waals surface area contributed by atoms with Crippen LogP contribution < -0.4 is 10.9 Å². The number of halogens is 1. The van der Waals surface area contributed by atoms with Crippen molar-refractivity contribution < 1.29 is 9.59 Å². The van der Waals surface area contributed by atoms with Crippen LogP contribution in [0.2, 0.25) is 0 Å². The van der Waals surface area contributed by atoms with Gasteiger partial charge in [0.05, 0.1) is 0 Å². The first kappa shape index (κ1) is 10.6. The van der Waals surface area contributed by atoms with Crippen molar-refractivity contribution in [1.29, 1.82) is 0 Å². The smallest absolute Gasteiger partial charge is 0.286 e. The average molecular weight is 216 g/mol. The molecular formula is C8H10ClN3O2. The molecule has 14 heavy (non-hydrogen) atoms. The van der Waals surface area contributed by atoms with Gasteiger partial charge in [0, 0.05) is 13.2 Å². The van der Waals surface area contributed by atoms with Crippen LogP contribution in [0.3, 0.4) is 0 Å². The Bertz CT molecular complexity index is 348. The molecule has 1 aromatic heterocycles. The zero-order valence-electron chi connectivity index (χ0n) is 7.58. The topological polar surface area (TPSA) is 63.1 Å². The van der Waals surface area contributed by atoms with E-state index in [1.807, 2.05) is 0 Å². The Kier molecular flexibility index (Phi) is 3.53. The van der Waals surface area contributed by atoms with Crippen LogP contribution in [0.5, 0.6) is 0 Å². The number of amides is 2. The molecule has 0 aliphatic rings. The second kappa shape index (κ2) is 4.66. The molecule has 0 spiro atoms. The molecule has 6 heteroatoms. The molecule has 76 valence electrons. The molecule has 0 fully saturated rings. The molecule has 1 aromatic rings. The maximum atomic E-state index is 11.4. The minimum atomic E-state index is -0.450. The Morgan fingerprint density at radius 3 is 2.71 bits per heavy atom. The molecule has 1 heterocycles. The van der Waals surface area contributed by atoms with Gasteiger partial charge in [-0.05, 0) is 12.1 Å². The normalized spacial score (nSPS) is 9.57. The fourth-order valence-corrected chi connectivity index (χ4v) is 0.988. The number of hydrogen-bond acceptors (Lipinski definition) is 2. The summed E-state index contributed by atoms with van der Waals surface area (Å²) in [7, 11) is 1.73. The Balaban J connectivity index is 2.52. The third kappa shape index (κ3) is 2.50. The number of aryl methyl sites for hydroxylation is 1. The number of rotatable bonds is 2. The molecule has 0 aromatic carbocycles. The van der Waals surface area contributed by atoms with Crippen molar-refractivity contribution >= 4 is 23.4 Å². The number of alkyl halides is 1. The number of aromatic nitrogens is 1. The Hall–Kier alpha value is -1.49. The van der Waals surface area contributed by atoms with Crippen molar-refractivity contribution in [3.8, 4) is 0 Å². The molecule has 2 N–H and O–H groups in total. The zero-order valence-corrected chi connectivity index (χ0v) is 8.34. The summed E-state index contributed by atoms with van der Waals surface area (Å²) in [5, 5.41) is 0. The lowest BCUT2D eigenvalue weighted by Gasteiger charge is -2.05. The predicted molar refractivity (Wildman–Crippen MR) is 51.7 cm³/mol. The molecule has 2 amide bonds. The van der Waals surface area contributed by atoms with Crippen LogP contribution in [-0.4, -0.2) is 22.3 Å². The lowest BCUT2D eigenvalue weighted by molar-refractivity contribution is -0.119. The zero-order chi connectivity index (χ0) is 10.6.